The molecule has 1 aromatic heterocycles. The molecule has 0 saturated heterocycles. The van der Waals surface area contributed by atoms with Gasteiger partial charge in [-0.1, -0.05) is 37.3 Å². The number of carbonyl (C=O) groups excluding carboxylic acids is 1. The smallest absolute Gasteiger partial charge is 0.226 e. The Bertz CT molecular complexity index is 660. The number of hydrogen-bond acceptors (Lipinski definition) is 4. The largest absolute Gasteiger partial charge is 0.317 e. The molecule has 0 saturated carbocycles. The zero-order chi connectivity index (χ0) is 16.5. The average molecular weight is 327 g/mol. The van der Waals surface area contributed by atoms with Crippen LogP contribution in [-0.4, -0.2) is 23.9 Å². The highest BCUT2D eigenvalue weighted by Gasteiger charge is 2.11. The van der Waals surface area contributed by atoms with Gasteiger partial charge in [-0.15, -0.1) is 11.3 Å². The molecule has 0 aliphatic rings. The molecule has 120 valence electrons. The van der Waals surface area contributed by atoms with E-state index in [0.717, 1.165) is 19.5 Å². The number of rotatable bonds is 8. The van der Waals surface area contributed by atoms with Crippen molar-refractivity contribution in [3.63, 3.8) is 0 Å². The van der Waals surface area contributed by atoms with Crippen molar-refractivity contribution in [1.29, 1.82) is 5.26 Å². The van der Waals surface area contributed by atoms with Crippen LogP contribution >= 0.6 is 11.3 Å². The van der Waals surface area contributed by atoms with Gasteiger partial charge in [0.05, 0.1) is 5.56 Å². The first kappa shape index (κ1) is 17.2. The lowest BCUT2D eigenvalue weighted by Crippen LogP contribution is -2.28. The maximum absolute atomic E-state index is 12.1. The Kier molecular flexibility index (Phi) is 6.79. The maximum atomic E-state index is 12.1. The van der Waals surface area contributed by atoms with Crippen LogP contribution in [0.4, 0.5) is 5.00 Å². The van der Waals surface area contributed by atoms with Crippen molar-refractivity contribution in [2.24, 2.45) is 0 Å². The van der Waals surface area contributed by atoms with Crippen LogP contribution in [0.5, 0.6) is 0 Å². The second-order valence-electron chi connectivity index (χ2n) is 5.34. The summed E-state index contributed by atoms with van der Waals surface area (Å²) < 4.78 is 0. The Morgan fingerprint density at radius 1 is 1.26 bits per heavy atom. The summed E-state index contributed by atoms with van der Waals surface area (Å²) in [6, 6.07) is 14.1. The second-order valence-corrected chi connectivity index (χ2v) is 6.25. The first-order valence-corrected chi connectivity index (χ1v) is 8.64. The molecule has 0 atom stereocenters. The lowest BCUT2D eigenvalue weighted by atomic mass is 10.2. The minimum Gasteiger partial charge on any atom is -0.317 e. The molecule has 0 unspecified atom stereocenters. The number of thiophene rings is 1. The third-order valence-electron chi connectivity index (χ3n) is 3.48. The number of hydrogen-bond donors (Lipinski definition) is 1. The molecule has 0 spiro atoms. The van der Waals surface area contributed by atoms with E-state index in [2.05, 4.69) is 35.3 Å². The summed E-state index contributed by atoms with van der Waals surface area (Å²) in [5.41, 5.74) is 1.78. The fraction of sp³-hybridized carbons (Fsp3) is 0.333. The van der Waals surface area contributed by atoms with E-state index >= 15 is 0 Å². The molecule has 4 nitrogen and oxygen atoms in total. The van der Waals surface area contributed by atoms with E-state index in [0.29, 0.717) is 23.5 Å². The van der Waals surface area contributed by atoms with Crippen molar-refractivity contribution in [2.45, 2.75) is 26.3 Å². The Hall–Kier alpha value is -2.16. The number of amides is 1. The van der Waals surface area contributed by atoms with Gasteiger partial charge in [0.15, 0.2) is 0 Å². The molecule has 5 heteroatoms. The summed E-state index contributed by atoms with van der Waals surface area (Å²) in [6.45, 7) is 4.67. The second kappa shape index (κ2) is 9.09. The summed E-state index contributed by atoms with van der Waals surface area (Å²) in [5, 5.41) is 14.3. The molecular weight excluding hydrogens is 306 g/mol. The lowest BCUT2D eigenvalue weighted by Gasteiger charge is -2.21. The van der Waals surface area contributed by atoms with Gasteiger partial charge in [0, 0.05) is 19.5 Å². The van der Waals surface area contributed by atoms with E-state index in [9.17, 15) is 4.79 Å². The predicted octanol–water partition coefficient (Wildman–Crippen LogP) is 3.86. The van der Waals surface area contributed by atoms with E-state index in [1.165, 1.54) is 16.9 Å². The van der Waals surface area contributed by atoms with Gasteiger partial charge in [0.2, 0.25) is 5.91 Å². The zero-order valence-electron chi connectivity index (χ0n) is 13.3. The molecule has 0 aliphatic carbocycles. The average Bonchev–Trinajstić information content (AvgIpc) is 3.01. The van der Waals surface area contributed by atoms with E-state index in [-0.39, 0.29) is 5.91 Å². The highest BCUT2D eigenvalue weighted by molar-refractivity contribution is 7.14. The third kappa shape index (κ3) is 5.51. The molecule has 2 rings (SSSR count). The number of benzene rings is 1. The van der Waals surface area contributed by atoms with Crippen molar-refractivity contribution in [1.82, 2.24) is 4.90 Å². The summed E-state index contributed by atoms with van der Waals surface area (Å²) in [5.74, 6) is -0.0434. The Morgan fingerprint density at radius 3 is 2.74 bits per heavy atom. The topological polar surface area (TPSA) is 56.1 Å². The van der Waals surface area contributed by atoms with Crippen LogP contribution in [0.15, 0.2) is 41.8 Å². The molecular formula is C18H21N3OS. The van der Waals surface area contributed by atoms with Gasteiger partial charge in [0.25, 0.3) is 0 Å². The number of carbonyl (C=O) groups is 1. The van der Waals surface area contributed by atoms with E-state index < -0.39 is 0 Å². The minimum absolute atomic E-state index is 0.0434. The quantitative estimate of drug-likeness (QED) is 0.801. The monoisotopic (exact) mass is 327 g/mol. The highest BCUT2D eigenvalue weighted by atomic mass is 32.1. The maximum Gasteiger partial charge on any atom is 0.226 e. The number of nitrogens with one attached hydrogen (secondary N) is 1. The van der Waals surface area contributed by atoms with Gasteiger partial charge in [-0.3, -0.25) is 9.69 Å². The summed E-state index contributed by atoms with van der Waals surface area (Å²) in [7, 11) is 0. The van der Waals surface area contributed by atoms with Crippen molar-refractivity contribution >= 4 is 22.2 Å². The normalized spacial score (nSPS) is 10.5. The van der Waals surface area contributed by atoms with E-state index in [1.807, 2.05) is 23.6 Å². The fourth-order valence-electron chi connectivity index (χ4n) is 2.37. The van der Waals surface area contributed by atoms with Gasteiger partial charge in [-0.2, -0.15) is 5.26 Å². The van der Waals surface area contributed by atoms with Gasteiger partial charge < -0.3 is 5.32 Å². The van der Waals surface area contributed by atoms with Crippen LogP contribution in [0.1, 0.15) is 30.9 Å². The van der Waals surface area contributed by atoms with Crippen LogP contribution in [0, 0.1) is 11.3 Å². The van der Waals surface area contributed by atoms with Crippen LogP contribution < -0.4 is 5.32 Å². The van der Waals surface area contributed by atoms with Crippen molar-refractivity contribution in [2.75, 3.05) is 18.4 Å². The SMILES string of the molecule is CCCN(CCC(=O)Nc1sccc1C#N)Cc1ccccc1. The number of nitriles is 1. The molecule has 0 fully saturated rings. The van der Waals surface area contributed by atoms with E-state index in [4.69, 9.17) is 5.26 Å². The zero-order valence-corrected chi connectivity index (χ0v) is 14.1. The molecule has 0 radical (unpaired) electrons. The number of anilines is 1. The van der Waals surface area contributed by atoms with Crippen molar-refractivity contribution in [3.05, 3.63) is 52.9 Å². The molecule has 0 aliphatic heterocycles. The molecule has 2 aromatic rings. The van der Waals surface area contributed by atoms with Gasteiger partial charge in [-0.05, 0) is 30.0 Å². The first-order valence-electron chi connectivity index (χ1n) is 7.76. The summed E-state index contributed by atoms with van der Waals surface area (Å²) in [6.07, 6.45) is 1.48. The van der Waals surface area contributed by atoms with Gasteiger partial charge >= 0.3 is 0 Å². The molecule has 1 heterocycles. The van der Waals surface area contributed by atoms with Crippen molar-refractivity contribution in [3.8, 4) is 6.07 Å². The van der Waals surface area contributed by atoms with Crippen LogP contribution in [-0.2, 0) is 11.3 Å². The Balaban J connectivity index is 1.86. The summed E-state index contributed by atoms with van der Waals surface area (Å²) in [4.78, 5) is 14.4. The van der Waals surface area contributed by atoms with Crippen LogP contribution in [0.3, 0.4) is 0 Å². The predicted molar refractivity (Wildman–Crippen MR) is 94.3 cm³/mol. The van der Waals surface area contributed by atoms with Crippen molar-refractivity contribution < 1.29 is 4.79 Å². The highest BCUT2D eigenvalue weighted by Crippen LogP contribution is 2.22. The Labute approximate surface area is 141 Å². The van der Waals surface area contributed by atoms with Crippen LogP contribution in [0.2, 0.25) is 0 Å². The molecule has 1 amide bonds. The first-order chi connectivity index (χ1) is 11.2. The van der Waals surface area contributed by atoms with Gasteiger partial charge in [0.1, 0.15) is 11.1 Å². The fourth-order valence-corrected chi connectivity index (χ4v) is 3.12. The summed E-state index contributed by atoms with van der Waals surface area (Å²) >= 11 is 1.38. The third-order valence-corrected chi connectivity index (χ3v) is 4.31. The Morgan fingerprint density at radius 2 is 2.04 bits per heavy atom. The standard InChI is InChI=1S/C18H21N3OS/c1-2-10-21(14-15-6-4-3-5-7-15)11-8-17(22)20-18-16(13-19)9-12-23-18/h3-7,9,12H,2,8,10-11,14H2,1H3,(H,20,22). The van der Waals surface area contributed by atoms with E-state index in [1.54, 1.807) is 6.07 Å². The minimum atomic E-state index is -0.0434. The molecule has 1 aromatic carbocycles. The molecule has 1 N–H and O–H groups in total. The number of nitrogens with zero attached hydrogens (tertiary/aromatic N) is 2. The van der Waals surface area contributed by atoms with Crippen LogP contribution in [0.25, 0.3) is 0 Å². The molecule has 0 bridgehead atoms. The lowest BCUT2D eigenvalue weighted by molar-refractivity contribution is -0.116. The van der Waals surface area contributed by atoms with Gasteiger partial charge in [-0.25, -0.2) is 0 Å². The molecule has 23 heavy (non-hydrogen) atoms.